The van der Waals surface area contributed by atoms with E-state index in [4.69, 9.17) is 27.7 Å². The number of hydrogen-bond donors (Lipinski definition) is 1. The molecule has 3 aromatic rings. The maximum Gasteiger partial charge on any atom is 0.262 e. The predicted molar refractivity (Wildman–Crippen MR) is 101 cm³/mol. The third-order valence-electron chi connectivity index (χ3n) is 3.57. The van der Waals surface area contributed by atoms with Gasteiger partial charge in [-0.3, -0.25) is 10.1 Å². The van der Waals surface area contributed by atoms with Crippen LogP contribution in [0.3, 0.4) is 0 Å². The molecule has 0 saturated heterocycles. The smallest absolute Gasteiger partial charge is 0.262 e. The third-order valence-corrected chi connectivity index (χ3v) is 4.88. The van der Waals surface area contributed by atoms with E-state index in [1.54, 1.807) is 25.1 Å². The third kappa shape index (κ3) is 3.71. The van der Waals surface area contributed by atoms with Crippen LogP contribution in [0.15, 0.2) is 28.1 Å². The molecule has 0 spiro atoms. The first-order chi connectivity index (χ1) is 11.9. The first-order valence-corrected chi connectivity index (χ1v) is 9.19. The Balaban J connectivity index is 1.84. The molecule has 1 N–H and O–H groups in total. The molecule has 0 bridgehead atoms. The average molecular weight is 396 g/mol. The van der Waals surface area contributed by atoms with Crippen molar-refractivity contribution in [2.24, 2.45) is 0 Å². The second-order valence-corrected chi connectivity index (χ2v) is 7.48. The molecule has 1 aromatic carbocycles. The molecule has 130 valence electrons. The number of thiazole rings is 1. The van der Waals surface area contributed by atoms with Crippen molar-refractivity contribution in [3.63, 3.8) is 0 Å². The number of halogens is 2. The Hall–Kier alpha value is -1.89. The minimum atomic E-state index is -0.287. The van der Waals surface area contributed by atoms with Crippen LogP contribution in [0.4, 0.5) is 5.13 Å². The molecule has 0 saturated carbocycles. The Morgan fingerprint density at radius 1 is 1.32 bits per heavy atom. The van der Waals surface area contributed by atoms with E-state index in [1.807, 2.05) is 19.2 Å². The number of amides is 1. The number of carbonyl (C=O) groups excluding carboxylic acids is 1. The summed E-state index contributed by atoms with van der Waals surface area (Å²) in [6.07, 6.45) is 0. The van der Waals surface area contributed by atoms with Crippen LogP contribution in [0.5, 0.6) is 0 Å². The molecule has 0 atom stereocenters. The molecule has 0 fully saturated rings. The minimum Gasteiger partial charge on any atom is -0.360 e. The summed E-state index contributed by atoms with van der Waals surface area (Å²) < 4.78 is 5.26. The van der Waals surface area contributed by atoms with Crippen LogP contribution in [0.1, 0.15) is 41.6 Å². The van der Waals surface area contributed by atoms with E-state index in [0.717, 1.165) is 5.56 Å². The van der Waals surface area contributed by atoms with Crippen molar-refractivity contribution in [3.05, 3.63) is 50.6 Å². The van der Waals surface area contributed by atoms with Gasteiger partial charge in [0.15, 0.2) is 10.9 Å². The van der Waals surface area contributed by atoms with Crippen molar-refractivity contribution in [2.45, 2.75) is 26.7 Å². The molecular weight excluding hydrogens is 381 g/mol. The van der Waals surface area contributed by atoms with E-state index in [9.17, 15) is 4.79 Å². The topological polar surface area (TPSA) is 68.0 Å². The summed E-state index contributed by atoms with van der Waals surface area (Å²) in [7, 11) is 0. The molecule has 8 heteroatoms. The zero-order valence-corrected chi connectivity index (χ0v) is 16.1. The van der Waals surface area contributed by atoms with Gasteiger partial charge in [0, 0.05) is 21.9 Å². The van der Waals surface area contributed by atoms with E-state index in [0.29, 0.717) is 37.9 Å². The lowest BCUT2D eigenvalue weighted by molar-refractivity contribution is 0.102. The summed E-state index contributed by atoms with van der Waals surface area (Å²) in [5, 5.41) is 10.1. The van der Waals surface area contributed by atoms with E-state index in [1.165, 1.54) is 11.3 Å². The Kier molecular flexibility index (Phi) is 5.13. The number of rotatable bonds is 4. The molecule has 0 aliphatic carbocycles. The van der Waals surface area contributed by atoms with Crippen LogP contribution in [0.25, 0.3) is 11.3 Å². The largest absolute Gasteiger partial charge is 0.360 e. The summed E-state index contributed by atoms with van der Waals surface area (Å²) in [5.41, 5.74) is 2.44. The number of anilines is 1. The van der Waals surface area contributed by atoms with Crippen molar-refractivity contribution in [3.8, 4) is 11.3 Å². The average Bonchev–Trinajstić information content (AvgIpc) is 3.14. The highest BCUT2D eigenvalue weighted by atomic mass is 35.5. The van der Waals surface area contributed by atoms with Crippen molar-refractivity contribution in [1.82, 2.24) is 10.1 Å². The van der Waals surface area contributed by atoms with E-state index >= 15 is 0 Å². The summed E-state index contributed by atoms with van der Waals surface area (Å²) >= 11 is 13.4. The SMILES string of the molecule is Cc1noc(C(C)C)c1C(=O)Nc1nc(-c2ccc(Cl)cc2Cl)cs1. The van der Waals surface area contributed by atoms with Crippen LogP contribution >= 0.6 is 34.5 Å². The van der Waals surface area contributed by atoms with Gasteiger partial charge in [0.25, 0.3) is 5.91 Å². The number of hydrogen-bond acceptors (Lipinski definition) is 5. The molecule has 0 aliphatic heterocycles. The quantitative estimate of drug-likeness (QED) is 0.606. The molecule has 25 heavy (non-hydrogen) atoms. The van der Waals surface area contributed by atoms with Crippen LogP contribution in [0, 0.1) is 6.92 Å². The predicted octanol–water partition coefficient (Wildman–Crippen LogP) is 5.79. The lowest BCUT2D eigenvalue weighted by Crippen LogP contribution is -2.14. The minimum absolute atomic E-state index is 0.0571. The van der Waals surface area contributed by atoms with E-state index < -0.39 is 0 Å². The Bertz CT molecular complexity index is 934. The van der Waals surface area contributed by atoms with E-state index in [-0.39, 0.29) is 11.8 Å². The number of aryl methyl sites for hydroxylation is 1. The van der Waals surface area contributed by atoms with Gasteiger partial charge in [-0.05, 0) is 25.1 Å². The van der Waals surface area contributed by atoms with Gasteiger partial charge in [0.2, 0.25) is 0 Å². The van der Waals surface area contributed by atoms with E-state index in [2.05, 4.69) is 15.5 Å². The number of aromatic nitrogens is 2. The first-order valence-electron chi connectivity index (χ1n) is 7.55. The van der Waals surface area contributed by atoms with Gasteiger partial charge in [-0.25, -0.2) is 4.98 Å². The van der Waals surface area contributed by atoms with Gasteiger partial charge < -0.3 is 4.52 Å². The zero-order valence-electron chi connectivity index (χ0n) is 13.8. The maximum absolute atomic E-state index is 12.6. The second kappa shape index (κ2) is 7.15. The molecule has 0 radical (unpaired) electrons. The van der Waals surface area contributed by atoms with Crippen molar-refractivity contribution < 1.29 is 9.32 Å². The number of benzene rings is 1. The summed E-state index contributed by atoms with van der Waals surface area (Å²) in [6.45, 7) is 5.63. The molecule has 2 aromatic heterocycles. The Morgan fingerprint density at radius 3 is 2.76 bits per heavy atom. The van der Waals surface area contributed by atoms with Gasteiger partial charge in [0.05, 0.1) is 16.4 Å². The summed E-state index contributed by atoms with van der Waals surface area (Å²) in [6, 6.07) is 5.20. The van der Waals surface area contributed by atoms with Gasteiger partial charge in [0.1, 0.15) is 5.56 Å². The molecular formula is C17H15Cl2N3O2S. The van der Waals surface area contributed by atoms with Gasteiger partial charge in [-0.15, -0.1) is 11.3 Å². The highest BCUT2D eigenvalue weighted by Crippen LogP contribution is 2.32. The maximum atomic E-state index is 12.6. The second-order valence-electron chi connectivity index (χ2n) is 5.78. The van der Waals surface area contributed by atoms with Crippen molar-refractivity contribution in [1.29, 1.82) is 0 Å². The van der Waals surface area contributed by atoms with Crippen molar-refractivity contribution >= 4 is 45.6 Å². The van der Waals surface area contributed by atoms with Gasteiger partial charge in [-0.1, -0.05) is 42.2 Å². The lowest BCUT2D eigenvalue weighted by Gasteiger charge is -2.05. The fraction of sp³-hybridized carbons (Fsp3) is 0.235. The summed E-state index contributed by atoms with van der Waals surface area (Å²) in [5.74, 6) is 0.333. The first kappa shape index (κ1) is 17.9. The molecule has 5 nitrogen and oxygen atoms in total. The Morgan fingerprint density at radius 2 is 2.08 bits per heavy atom. The number of nitrogens with zero attached hydrogens (tertiary/aromatic N) is 2. The van der Waals surface area contributed by atoms with Crippen LogP contribution < -0.4 is 5.32 Å². The standard InChI is InChI=1S/C17H15Cl2N3O2S/c1-8(2)15-14(9(3)22-24-15)16(23)21-17-20-13(7-25-17)11-5-4-10(18)6-12(11)19/h4-8H,1-3H3,(H,20,21,23). The highest BCUT2D eigenvalue weighted by Gasteiger charge is 2.23. The highest BCUT2D eigenvalue weighted by molar-refractivity contribution is 7.14. The van der Waals surface area contributed by atoms with Crippen molar-refractivity contribution in [2.75, 3.05) is 5.32 Å². The monoisotopic (exact) mass is 395 g/mol. The fourth-order valence-corrected chi connectivity index (χ4v) is 3.58. The molecule has 0 unspecified atom stereocenters. The van der Waals surface area contributed by atoms with Crippen LogP contribution in [-0.4, -0.2) is 16.0 Å². The van der Waals surface area contributed by atoms with Gasteiger partial charge in [-0.2, -0.15) is 0 Å². The van der Waals surface area contributed by atoms with Gasteiger partial charge >= 0.3 is 0 Å². The molecule has 1 amide bonds. The number of nitrogens with one attached hydrogen (secondary N) is 1. The Labute approximate surface area is 159 Å². The normalized spacial score (nSPS) is 11.1. The molecule has 3 rings (SSSR count). The summed E-state index contributed by atoms with van der Waals surface area (Å²) in [4.78, 5) is 17.0. The lowest BCUT2D eigenvalue weighted by atomic mass is 10.0. The van der Waals surface area contributed by atoms with Crippen LogP contribution in [0.2, 0.25) is 10.0 Å². The fourth-order valence-electron chi connectivity index (χ4n) is 2.37. The zero-order chi connectivity index (χ0) is 18.1. The molecule has 0 aliphatic rings. The molecule has 2 heterocycles. The number of carbonyl (C=O) groups is 1. The van der Waals surface area contributed by atoms with Crippen LogP contribution in [-0.2, 0) is 0 Å².